The average molecular weight is 195 g/mol. The Kier molecular flexibility index (Phi) is 4.43. The molecule has 0 spiro atoms. The topological polar surface area (TPSA) is 77.2 Å². The van der Waals surface area contributed by atoms with Crippen LogP contribution in [-0.4, -0.2) is 24.2 Å². The fourth-order valence-corrected chi connectivity index (χ4v) is 0.858. The molecule has 1 amide bonds. The Hall–Kier alpha value is -1.62. The summed E-state index contributed by atoms with van der Waals surface area (Å²) >= 11 is 0. The molecule has 1 aromatic rings. The quantitative estimate of drug-likeness (QED) is 0.722. The third-order valence-corrected chi connectivity index (χ3v) is 1.51. The number of alkyl carbamates (subject to hydrolysis) is 1. The molecule has 0 fully saturated rings. The van der Waals surface area contributed by atoms with Crippen LogP contribution in [-0.2, 0) is 11.3 Å². The van der Waals surface area contributed by atoms with Crippen molar-refractivity contribution in [3.8, 4) is 0 Å². The maximum atomic E-state index is 11.0. The van der Waals surface area contributed by atoms with Crippen LogP contribution >= 0.6 is 0 Å². The van der Waals surface area contributed by atoms with E-state index in [0.29, 0.717) is 13.1 Å². The predicted molar refractivity (Wildman–Crippen MR) is 51.5 cm³/mol. The molecule has 1 rings (SSSR count). The van der Waals surface area contributed by atoms with Crippen molar-refractivity contribution >= 4 is 6.09 Å². The number of aromatic nitrogens is 1. The second-order valence-corrected chi connectivity index (χ2v) is 2.65. The fourth-order valence-electron chi connectivity index (χ4n) is 0.858. The highest BCUT2D eigenvalue weighted by Gasteiger charge is 2.00. The first-order valence-electron chi connectivity index (χ1n) is 4.32. The van der Waals surface area contributed by atoms with E-state index in [-0.39, 0.29) is 6.61 Å². The van der Waals surface area contributed by atoms with Crippen LogP contribution in [0.2, 0.25) is 0 Å². The molecule has 0 aliphatic carbocycles. The second kappa shape index (κ2) is 5.93. The van der Waals surface area contributed by atoms with E-state index in [0.717, 1.165) is 5.56 Å². The molecule has 0 aromatic carbocycles. The summed E-state index contributed by atoms with van der Waals surface area (Å²) in [5, 5.41) is 2.50. The second-order valence-electron chi connectivity index (χ2n) is 2.65. The van der Waals surface area contributed by atoms with Gasteiger partial charge in [-0.05, 0) is 6.07 Å². The van der Waals surface area contributed by atoms with E-state index in [1.807, 2.05) is 6.07 Å². The highest BCUT2D eigenvalue weighted by atomic mass is 16.5. The van der Waals surface area contributed by atoms with Crippen molar-refractivity contribution < 1.29 is 9.53 Å². The maximum absolute atomic E-state index is 11.0. The predicted octanol–water partition coefficient (Wildman–Crippen LogP) is 0.266. The number of hydrogen-bond acceptors (Lipinski definition) is 4. The Bertz CT molecular complexity index is 277. The summed E-state index contributed by atoms with van der Waals surface area (Å²) in [4.78, 5) is 14.9. The van der Waals surface area contributed by atoms with Gasteiger partial charge in [0.1, 0.15) is 6.61 Å². The number of nitrogens with two attached hydrogens (primary N) is 1. The maximum Gasteiger partial charge on any atom is 0.407 e. The minimum absolute atomic E-state index is 0.226. The van der Waals surface area contributed by atoms with Crippen molar-refractivity contribution in [2.75, 3.05) is 13.1 Å². The summed E-state index contributed by atoms with van der Waals surface area (Å²) in [5.74, 6) is 0. The molecule has 0 aliphatic heterocycles. The van der Waals surface area contributed by atoms with E-state index in [2.05, 4.69) is 10.3 Å². The fraction of sp³-hybridized carbons (Fsp3) is 0.333. The van der Waals surface area contributed by atoms with E-state index >= 15 is 0 Å². The first kappa shape index (κ1) is 10.5. The number of pyridine rings is 1. The number of ether oxygens (including phenoxy) is 1. The highest BCUT2D eigenvalue weighted by Crippen LogP contribution is 1.97. The zero-order valence-corrected chi connectivity index (χ0v) is 7.77. The third kappa shape index (κ3) is 3.86. The Labute approximate surface area is 82.3 Å². The Morgan fingerprint density at radius 3 is 3.14 bits per heavy atom. The minimum Gasteiger partial charge on any atom is -0.445 e. The van der Waals surface area contributed by atoms with E-state index in [4.69, 9.17) is 10.5 Å². The molecule has 0 bridgehead atoms. The van der Waals surface area contributed by atoms with Crippen LogP contribution in [0, 0.1) is 0 Å². The summed E-state index contributed by atoms with van der Waals surface area (Å²) in [6.07, 6.45) is 2.85. The first-order chi connectivity index (χ1) is 6.83. The number of carbonyl (C=O) groups is 1. The van der Waals surface area contributed by atoms with Gasteiger partial charge >= 0.3 is 6.09 Å². The molecule has 5 heteroatoms. The SMILES string of the molecule is NCCNC(=O)OCc1cccnc1. The average Bonchev–Trinajstić information content (AvgIpc) is 2.25. The number of rotatable bonds is 4. The van der Waals surface area contributed by atoms with Crippen LogP contribution < -0.4 is 11.1 Å². The van der Waals surface area contributed by atoms with Crippen LogP contribution in [0.3, 0.4) is 0 Å². The molecule has 1 heterocycles. The standard InChI is InChI=1S/C9H13N3O2/c10-3-5-12-9(13)14-7-8-2-1-4-11-6-8/h1-2,4,6H,3,5,7,10H2,(H,12,13). The molecule has 0 atom stereocenters. The van der Waals surface area contributed by atoms with Gasteiger partial charge in [0.05, 0.1) is 0 Å². The Morgan fingerprint density at radius 1 is 1.64 bits per heavy atom. The minimum atomic E-state index is -0.459. The number of amides is 1. The molecule has 3 N–H and O–H groups in total. The third-order valence-electron chi connectivity index (χ3n) is 1.51. The zero-order valence-electron chi connectivity index (χ0n) is 7.77. The molecule has 1 aromatic heterocycles. The van der Waals surface area contributed by atoms with Crippen molar-refractivity contribution in [2.45, 2.75) is 6.61 Å². The van der Waals surface area contributed by atoms with Crippen molar-refractivity contribution in [2.24, 2.45) is 5.73 Å². The number of nitrogens with zero attached hydrogens (tertiary/aromatic N) is 1. The monoisotopic (exact) mass is 195 g/mol. The van der Waals surface area contributed by atoms with E-state index in [1.54, 1.807) is 18.5 Å². The van der Waals surface area contributed by atoms with Crippen molar-refractivity contribution in [3.05, 3.63) is 30.1 Å². The van der Waals surface area contributed by atoms with Gasteiger partial charge in [-0.3, -0.25) is 4.98 Å². The van der Waals surface area contributed by atoms with Gasteiger partial charge in [-0.2, -0.15) is 0 Å². The summed E-state index contributed by atoms with van der Waals surface area (Å²) in [6, 6.07) is 3.62. The van der Waals surface area contributed by atoms with Crippen LogP contribution in [0.1, 0.15) is 5.56 Å². The van der Waals surface area contributed by atoms with Gasteiger partial charge in [0.25, 0.3) is 0 Å². The summed E-state index contributed by atoms with van der Waals surface area (Å²) in [5.41, 5.74) is 6.06. The van der Waals surface area contributed by atoms with E-state index < -0.39 is 6.09 Å². The van der Waals surface area contributed by atoms with Gasteiger partial charge in [-0.25, -0.2) is 4.79 Å². The molecule has 14 heavy (non-hydrogen) atoms. The number of hydrogen-bond donors (Lipinski definition) is 2. The molecule has 76 valence electrons. The summed E-state index contributed by atoms with van der Waals surface area (Å²) < 4.78 is 4.88. The Morgan fingerprint density at radius 2 is 2.50 bits per heavy atom. The van der Waals surface area contributed by atoms with Crippen molar-refractivity contribution in [3.63, 3.8) is 0 Å². The van der Waals surface area contributed by atoms with Gasteiger partial charge < -0.3 is 15.8 Å². The van der Waals surface area contributed by atoms with Crippen molar-refractivity contribution in [1.82, 2.24) is 10.3 Å². The summed E-state index contributed by atoms with van der Waals surface area (Å²) in [6.45, 7) is 1.05. The zero-order chi connectivity index (χ0) is 10.2. The molecule has 0 unspecified atom stereocenters. The van der Waals surface area contributed by atoms with Gasteiger partial charge in [0.15, 0.2) is 0 Å². The van der Waals surface area contributed by atoms with Gasteiger partial charge in [-0.1, -0.05) is 6.07 Å². The summed E-state index contributed by atoms with van der Waals surface area (Å²) in [7, 11) is 0. The molecule has 0 saturated carbocycles. The molecule has 0 aliphatic rings. The molecule has 0 saturated heterocycles. The highest BCUT2D eigenvalue weighted by molar-refractivity contribution is 5.67. The van der Waals surface area contributed by atoms with Crippen molar-refractivity contribution in [1.29, 1.82) is 0 Å². The van der Waals surface area contributed by atoms with E-state index in [1.165, 1.54) is 0 Å². The largest absolute Gasteiger partial charge is 0.445 e. The molecular formula is C9H13N3O2. The lowest BCUT2D eigenvalue weighted by Gasteiger charge is -2.05. The van der Waals surface area contributed by atoms with Crippen LogP contribution in [0.15, 0.2) is 24.5 Å². The first-order valence-corrected chi connectivity index (χ1v) is 4.32. The van der Waals surface area contributed by atoms with Gasteiger partial charge in [0, 0.05) is 31.0 Å². The van der Waals surface area contributed by atoms with Crippen LogP contribution in [0.5, 0.6) is 0 Å². The Balaban J connectivity index is 2.24. The lowest BCUT2D eigenvalue weighted by Crippen LogP contribution is -2.29. The molecule has 0 radical (unpaired) electrons. The van der Waals surface area contributed by atoms with Gasteiger partial charge in [0.2, 0.25) is 0 Å². The normalized spacial score (nSPS) is 9.50. The smallest absolute Gasteiger partial charge is 0.407 e. The lowest BCUT2D eigenvalue weighted by atomic mass is 10.3. The number of carbonyl (C=O) groups excluding carboxylic acids is 1. The molecule has 5 nitrogen and oxygen atoms in total. The number of nitrogens with one attached hydrogen (secondary N) is 1. The van der Waals surface area contributed by atoms with E-state index in [9.17, 15) is 4.79 Å². The lowest BCUT2D eigenvalue weighted by molar-refractivity contribution is 0.140. The van der Waals surface area contributed by atoms with Crippen LogP contribution in [0.25, 0.3) is 0 Å². The molecular weight excluding hydrogens is 182 g/mol. The van der Waals surface area contributed by atoms with Crippen LogP contribution in [0.4, 0.5) is 4.79 Å². The van der Waals surface area contributed by atoms with Gasteiger partial charge in [-0.15, -0.1) is 0 Å².